The molecule has 4 nitrogen and oxygen atoms in total. The lowest BCUT2D eigenvalue weighted by Gasteiger charge is -2.18. The molecule has 2 aromatic carbocycles. The van der Waals surface area contributed by atoms with Gasteiger partial charge < -0.3 is 4.74 Å². The van der Waals surface area contributed by atoms with E-state index in [1.54, 1.807) is 24.5 Å². The number of rotatable bonds is 20. The van der Waals surface area contributed by atoms with Gasteiger partial charge in [0, 0.05) is 23.5 Å². The molecular formula is C37H51FN2O2. The fourth-order valence-electron chi connectivity index (χ4n) is 5.18. The number of esters is 1. The Morgan fingerprint density at radius 2 is 1.17 bits per heavy atom. The minimum atomic E-state index is -1.99. The molecule has 0 fully saturated rings. The lowest BCUT2D eigenvalue weighted by atomic mass is 9.99. The van der Waals surface area contributed by atoms with E-state index in [2.05, 4.69) is 48.1 Å². The van der Waals surface area contributed by atoms with Crippen molar-refractivity contribution in [3.8, 4) is 28.3 Å². The summed E-state index contributed by atoms with van der Waals surface area (Å²) in [6.45, 7) is 5.75. The average molecular weight is 575 g/mol. The zero-order chi connectivity index (χ0) is 30.0. The van der Waals surface area contributed by atoms with Crippen LogP contribution in [-0.4, -0.2) is 21.6 Å². The maximum atomic E-state index is 14.9. The van der Waals surface area contributed by atoms with Gasteiger partial charge in [-0.1, -0.05) is 127 Å². The molecule has 1 heterocycles. The van der Waals surface area contributed by atoms with E-state index in [4.69, 9.17) is 4.74 Å². The molecule has 0 saturated carbocycles. The third-order valence-electron chi connectivity index (χ3n) is 8.01. The van der Waals surface area contributed by atoms with Gasteiger partial charge in [-0.25, -0.2) is 19.2 Å². The van der Waals surface area contributed by atoms with Crippen molar-refractivity contribution in [1.29, 1.82) is 0 Å². The molecule has 42 heavy (non-hydrogen) atoms. The van der Waals surface area contributed by atoms with Gasteiger partial charge >= 0.3 is 5.97 Å². The quantitative estimate of drug-likeness (QED) is 0.0765. The summed E-state index contributed by atoms with van der Waals surface area (Å²) in [5.74, 6) is 0.191. The summed E-state index contributed by atoms with van der Waals surface area (Å²) in [7, 11) is 0. The monoisotopic (exact) mass is 574 g/mol. The molecule has 228 valence electrons. The summed E-state index contributed by atoms with van der Waals surface area (Å²) in [6, 6.07) is 15.6. The van der Waals surface area contributed by atoms with E-state index < -0.39 is 11.6 Å². The molecule has 0 aliphatic carbocycles. The highest BCUT2D eigenvalue weighted by atomic mass is 19.1. The highest BCUT2D eigenvalue weighted by Crippen LogP contribution is 2.26. The number of unbranched alkanes of at least 4 members (excludes halogenated alkanes) is 12. The van der Waals surface area contributed by atoms with Crippen molar-refractivity contribution in [2.75, 3.05) is 0 Å². The van der Waals surface area contributed by atoms with Crippen molar-refractivity contribution >= 4 is 5.97 Å². The molecule has 1 unspecified atom stereocenters. The third-order valence-corrected chi connectivity index (χ3v) is 8.01. The molecule has 5 heteroatoms. The minimum absolute atomic E-state index is 0.182. The fraction of sp³-hybridized carbons (Fsp3) is 0.541. The van der Waals surface area contributed by atoms with Crippen LogP contribution in [0.5, 0.6) is 5.75 Å². The van der Waals surface area contributed by atoms with Crippen LogP contribution >= 0.6 is 0 Å². The smallest absolute Gasteiger partial charge is 0.348 e. The van der Waals surface area contributed by atoms with Crippen LogP contribution in [-0.2, 0) is 11.2 Å². The van der Waals surface area contributed by atoms with Gasteiger partial charge in [0.25, 0.3) is 0 Å². The van der Waals surface area contributed by atoms with Crippen molar-refractivity contribution in [1.82, 2.24) is 9.97 Å². The second kappa shape index (κ2) is 18.5. The third kappa shape index (κ3) is 11.7. The standard InChI is InChI=1S/C37H51FN2O2/c1-4-6-8-10-12-13-14-16-18-30-19-21-32(22-20-30)35-39-28-33(29-40-35)31-23-25-34(26-24-31)42-36(41)37(3,38)27-17-15-11-9-7-5-2/h19-26,28-29H,4-18,27H2,1-3H3. The molecular weight excluding hydrogens is 523 g/mol. The van der Waals surface area contributed by atoms with Gasteiger partial charge in [-0.15, -0.1) is 0 Å². The number of benzene rings is 2. The number of carbonyl (C=O) groups is 1. The molecule has 0 amide bonds. The number of alkyl halides is 1. The van der Waals surface area contributed by atoms with Crippen LogP contribution in [0.15, 0.2) is 60.9 Å². The van der Waals surface area contributed by atoms with Gasteiger partial charge in [0.1, 0.15) is 5.75 Å². The van der Waals surface area contributed by atoms with Crippen molar-refractivity contribution in [3.63, 3.8) is 0 Å². The van der Waals surface area contributed by atoms with Crippen LogP contribution in [0, 0.1) is 0 Å². The van der Waals surface area contributed by atoms with Crippen LogP contribution < -0.4 is 4.74 Å². The molecule has 1 aromatic heterocycles. The van der Waals surface area contributed by atoms with Crippen LogP contribution in [0.2, 0.25) is 0 Å². The Kier molecular flexibility index (Phi) is 14.7. The molecule has 0 spiro atoms. The van der Waals surface area contributed by atoms with Gasteiger partial charge in [-0.2, -0.15) is 0 Å². The lowest BCUT2D eigenvalue weighted by molar-refractivity contribution is -0.147. The highest BCUT2D eigenvalue weighted by Gasteiger charge is 2.34. The Hall–Kier alpha value is -3.08. The second-order valence-electron chi connectivity index (χ2n) is 11.8. The highest BCUT2D eigenvalue weighted by molar-refractivity contribution is 5.81. The van der Waals surface area contributed by atoms with Crippen LogP contribution in [0.3, 0.4) is 0 Å². The molecule has 3 rings (SSSR count). The predicted octanol–water partition coefficient (Wildman–Crippen LogP) is 10.9. The largest absolute Gasteiger partial charge is 0.424 e. The second-order valence-corrected chi connectivity index (χ2v) is 11.8. The van der Waals surface area contributed by atoms with E-state index in [9.17, 15) is 9.18 Å². The Labute approximate surface area is 253 Å². The number of hydrogen-bond acceptors (Lipinski definition) is 4. The first-order chi connectivity index (χ1) is 20.4. The fourth-order valence-corrected chi connectivity index (χ4v) is 5.18. The summed E-state index contributed by atoms with van der Waals surface area (Å²) in [6.07, 6.45) is 21.8. The number of halogens is 1. The van der Waals surface area contributed by atoms with Crippen molar-refractivity contribution < 1.29 is 13.9 Å². The number of ether oxygens (including phenoxy) is 1. The molecule has 0 bridgehead atoms. The average Bonchev–Trinajstić information content (AvgIpc) is 3.01. The van der Waals surface area contributed by atoms with Crippen LogP contribution in [0.1, 0.15) is 123 Å². The van der Waals surface area contributed by atoms with E-state index in [1.165, 1.54) is 76.7 Å². The Morgan fingerprint density at radius 1 is 0.667 bits per heavy atom. The van der Waals surface area contributed by atoms with Gasteiger partial charge in [0.05, 0.1) is 0 Å². The summed E-state index contributed by atoms with van der Waals surface area (Å²) < 4.78 is 20.3. The molecule has 0 radical (unpaired) electrons. The summed E-state index contributed by atoms with van der Waals surface area (Å²) in [5, 5.41) is 0. The first kappa shape index (κ1) is 33.4. The number of carbonyl (C=O) groups excluding carboxylic acids is 1. The molecule has 3 aromatic rings. The van der Waals surface area contributed by atoms with Crippen molar-refractivity contribution in [3.05, 3.63) is 66.5 Å². The molecule has 0 saturated heterocycles. The van der Waals surface area contributed by atoms with E-state index in [0.29, 0.717) is 18.0 Å². The Balaban J connectivity index is 1.44. The number of aryl methyl sites for hydroxylation is 1. The molecule has 0 N–H and O–H groups in total. The first-order valence-corrected chi connectivity index (χ1v) is 16.4. The van der Waals surface area contributed by atoms with Gasteiger partial charge in [0.2, 0.25) is 5.67 Å². The first-order valence-electron chi connectivity index (χ1n) is 16.4. The van der Waals surface area contributed by atoms with E-state index in [0.717, 1.165) is 42.4 Å². The van der Waals surface area contributed by atoms with E-state index in [1.807, 2.05) is 12.1 Å². The Morgan fingerprint density at radius 3 is 1.74 bits per heavy atom. The molecule has 1 atom stereocenters. The van der Waals surface area contributed by atoms with Crippen molar-refractivity contribution in [2.24, 2.45) is 0 Å². The maximum Gasteiger partial charge on any atom is 0.348 e. The normalized spacial score (nSPS) is 12.7. The maximum absolute atomic E-state index is 14.9. The van der Waals surface area contributed by atoms with Crippen LogP contribution in [0.4, 0.5) is 4.39 Å². The molecule has 0 aliphatic rings. The topological polar surface area (TPSA) is 52.1 Å². The van der Waals surface area contributed by atoms with Crippen molar-refractivity contribution in [2.45, 2.75) is 129 Å². The predicted molar refractivity (Wildman–Crippen MR) is 172 cm³/mol. The number of hydrogen-bond donors (Lipinski definition) is 0. The summed E-state index contributed by atoms with van der Waals surface area (Å²) >= 11 is 0. The number of aromatic nitrogens is 2. The van der Waals surface area contributed by atoms with Crippen LogP contribution in [0.25, 0.3) is 22.5 Å². The zero-order valence-corrected chi connectivity index (χ0v) is 26.2. The lowest BCUT2D eigenvalue weighted by Crippen LogP contribution is -2.34. The SMILES string of the molecule is CCCCCCCCCCc1ccc(-c2ncc(-c3ccc(OC(=O)C(C)(F)CCCCCCCC)cc3)cn2)cc1. The van der Waals surface area contributed by atoms with E-state index >= 15 is 0 Å². The number of nitrogens with zero attached hydrogens (tertiary/aromatic N) is 2. The van der Waals surface area contributed by atoms with Gasteiger partial charge in [-0.3, -0.25) is 0 Å². The molecule has 0 aliphatic heterocycles. The summed E-state index contributed by atoms with van der Waals surface area (Å²) in [5.41, 5.74) is 2.13. The zero-order valence-electron chi connectivity index (χ0n) is 26.2. The Bertz CT molecular complexity index is 1160. The van der Waals surface area contributed by atoms with Gasteiger partial charge in [-0.05, 0) is 55.9 Å². The van der Waals surface area contributed by atoms with E-state index in [-0.39, 0.29) is 6.42 Å². The van der Waals surface area contributed by atoms with Gasteiger partial charge in [0.15, 0.2) is 5.82 Å². The minimum Gasteiger partial charge on any atom is -0.424 e. The summed E-state index contributed by atoms with van der Waals surface area (Å²) in [4.78, 5) is 21.6.